The van der Waals surface area contributed by atoms with Gasteiger partial charge in [-0.15, -0.1) is 0 Å². The molecule has 1 unspecified atom stereocenters. The molecule has 3 aromatic rings. The Hall–Kier alpha value is -3.65. The summed E-state index contributed by atoms with van der Waals surface area (Å²) >= 11 is 0. The van der Waals surface area contributed by atoms with Gasteiger partial charge in [0.25, 0.3) is 0 Å². The van der Waals surface area contributed by atoms with Crippen molar-refractivity contribution in [3.05, 3.63) is 78.0 Å². The molecule has 8 nitrogen and oxygen atoms in total. The number of aromatic nitrogens is 3. The number of morpholine rings is 1. The van der Waals surface area contributed by atoms with Gasteiger partial charge in [0.2, 0.25) is 11.9 Å². The van der Waals surface area contributed by atoms with Crippen molar-refractivity contribution in [2.24, 2.45) is 0 Å². The molecule has 2 aliphatic rings. The first-order chi connectivity index (χ1) is 16.8. The minimum atomic E-state index is 0.316. The second-order valence-electron chi connectivity index (χ2n) is 8.47. The van der Waals surface area contributed by atoms with E-state index in [-0.39, 0.29) is 0 Å². The highest BCUT2D eigenvalue weighted by Gasteiger charge is 2.23. The number of benzene rings is 2. The summed E-state index contributed by atoms with van der Waals surface area (Å²) in [4.78, 5) is 18.1. The van der Waals surface area contributed by atoms with Crippen LogP contribution in [0.5, 0.6) is 6.01 Å². The molecule has 8 heteroatoms. The van der Waals surface area contributed by atoms with Crippen molar-refractivity contribution in [3.63, 3.8) is 0 Å². The first-order valence-electron chi connectivity index (χ1n) is 11.7. The summed E-state index contributed by atoms with van der Waals surface area (Å²) in [5, 5.41) is 3.25. The number of hydrogen-bond donors (Lipinski definition) is 1. The molecule has 1 fully saturated rings. The highest BCUT2D eigenvalue weighted by atomic mass is 16.5. The lowest BCUT2D eigenvalue weighted by atomic mass is 10.0. The van der Waals surface area contributed by atoms with E-state index >= 15 is 0 Å². The summed E-state index contributed by atoms with van der Waals surface area (Å²) in [6.45, 7) is 4.25. The molecule has 5 rings (SSSR count). The molecule has 0 bridgehead atoms. The van der Waals surface area contributed by atoms with E-state index in [1.54, 1.807) is 0 Å². The molecule has 0 spiro atoms. The Morgan fingerprint density at radius 2 is 1.82 bits per heavy atom. The molecule has 0 aliphatic carbocycles. The number of rotatable bonds is 8. The van der Waals surface area contributed by atoms with E-state index in [2.05, 4.69) is 79.6 Å². The SMILES string of the molecule is CN1CC(/C=C/Nc2nc(OCCc3ccccc3)nc(N3CCOCC3)n2)c2ccccc21. The Labute approximate surface area is 200 Å². The van der Waals surface area contributed by atoms with Crippen LogP contribution in [-0.2, 0) is 11.2 Å². The van der Waals surface area contributed by atoms with Crippen LogP contribution in [0.4, 0.5) is 17.6 Å². The van der Waals surface area contributed by atoms with Gasteiger partial charge in [0.1, 0.15) is 0 Å². The minimum absolute atomic E-state index is 0.316. The molecule has 1 atom stereocenters. The van der Waals surface area contributed by atoms with Crippen LogP contribution in [0, 0.1) is 0 Å². The van der Waals surface area contributed by atoms with Crippen molar-refractivity contribution >= 4 is 17.6 Å². The van der Waals surface area contributed by atoms with Crippen molar-refractivity contribution in [2.75, 3.05) is 61.6 Å². The molecule has 1 aromatic heterocycles. The fraction of sp³-hybridized carbons (Fsp3) is 0.346. The summed E-state index contributed by atoms with van der Waals surface area (Å²) in [6, 6.07) is 19.1. The van der Waals surface area contributed by atoms with Gasteiger partial charge in [0.15, 0.2) is 0 Å². The predicted molar refractivity (Wildman–Crippen MR) is 134 cm³/mol. The lowest BCUT2D eigenvalue weighted by molar-refractivity contribution is 0.122. The fourth-order valence-electron chi connectivity index (χ4n) is 4.33. The maximum atomic E-state index is 5.93. The van der Waals surface area contributed by atoms with Gasteiger partial charge in [-0.05, 0) is 17.2 Å². The smallest absolute Gasteiger partial charge is 0.323 e. The molecule has 1 saturated heterocycles. The molecule has 3 heterocycles. The summed E-state index contributed by atoms with van der Waals surface area (Å²) in [6.07, 6.45) is 4.87. The largest absolute Gasteiger partial charge is 0.463 e. The van der Waals surface area contributed by atoms with Crippen LogP contribution in [0.3, 0.4) is 0 Å². The van der Waals surface area contributed by atoms with Crippen LogP contribution in [0.2, 0.25) is 0 Å². The van der Waals surface area contributed by atoms with E-state index < -0.39 is 0 Å². The molecule has 176 valence electrons. The summed E-state index contributed by atoms with van der Waals surface area (Å²) in [7, 11) is 2.12. The molecule has 34 heavy (non-hydrogen) atoms. The van der Waals surface area contributed by atoms with E-state index in [1.807, 2.05) is 24.4 Å². The van der Waals surface area contributed by atoms with Gasteiger partial charge < -0.3 is 24.6 Å². The Bertz CT molecular complexity index is 1120. The van der Waals surface area contributed by atoms with Crippen molar-refractivity contribution in [1.29, 1.82) is 0 Å². The molecule has 2 aromatic carbocycles. The fourth-order valence-corrected chi connectivity index (χ4v) is 4.33. The quantitative estimate of drug-likeness (QED) is 0.550. The van der Waals surface area contributed by atoms with Gasteiger partial charge in [-0.2, -0.15) is 15.0 Å². The number of para-hydroxylation sites is 1. The van der Waals surface area contributed by atoms with Gasteiger partial charge in [0, 0.05) is 50.9 Å². The Morgan fingerprint density at radius 3 is 2.68 bits per heavy atom. The lowest BCUT2D eigenvalue weighted by Crippen LogP contribution is -2.37. The average molecular weight is 459 g/mol. The van der Waals surface area contributed by atoms with Gasteiger partial charge in [0.05, 0.1) is 19.8 Å². The first kappa shape index (κ1) is 22.2. The second kappa shape index (κ2) is 10.5. The van der Waals surface area contributed by atoms with Crippen molar-refractivity contribution < 1.29 is 9.47 Å². The van der Waals surface area contributed by atoms with Crippen LogP contribution in [0.15, 0.2) is 66.9 Å². The second-order valence-corrected chi connectivity index (χ2v) is 8.47. The third-order valence-electron chi connectivity index (χ3n) is 6.12. The van der Waals surface area contributed by atoms with Crippen LogP contribution in [-0.4, -0.2) is 61.5 Å². The normalized spacial score (nSPS) is 17.7. The first-order valence-corrected chi connectivity index (χ1v) is 11.7. The van der Waals surface area contributed by atoms with E-state index in [1.165, 1.54) is 16.8 Å². The predicted octanol–water partition coefficient (Wildman–Crippen LogP) is 3.49. The van der Waals surface area contributed by atoms with E-state index in [4.69, 9.17) is 9.47 Å². The molecule has 1 N–H and O–H groups in total. The maximum Gasteiger partial charge on any atom is 0.323 e. The Balaban J connectivity index is 1.29. The number of hydrogen-bond acceptors (Lipinski definition) is 8. The van der Waals surface area contributed by atoms with Crippen molar-refractivity contribution in [3.8, 4) is 6.01 Å². The third kappa shape index (κ3) is 5.28. The summed E-state index contributed by atoms with van der Waals surface area (Å²) < 4.78 is 11.4. The Morgan fingerprint density at radius 1 is 1.03 bits per heavy atom. The zero-order chi connectivity index (χ0) is 23.2. The van der Waals surface area contributed by atoms with Gasteiger partial charge >= 0.3 is 6.01 Å². The van der Waals surface area contributed by atoms with Gasteiger partial charge in [-0.3, -0.25) is 0 Å². The number of likely N-dealkylation sites (N-methyl/N-ethyl adjacent to an activating group) is 1. The van der Waals surface area contributed by atoms with E-state index in [9.17, 15) is 0 Å². The highest BCUT2D eigenvalue weighted by Crippen LogP contribution is 2.35. The molecule has 0 saturated carbocycles. The van der Waals surface area contributed by atoms with Crippen LogP contribution in [0.1, 0.15) is 17.0 Å². The number of anilines is 3. The van der Waals surface area contributed by atoms with Gasteiger partial charge in [-0.1, -0.05) is 54.6 Å². The summed E-state index contributed by atoms with van der Waals surface area (Å²) in [5.41, 5.74) is 3.83. The summed E-state index contributed by atoms with van der Waals surface area (Å²) in [5.74, 6) is 1.40. The molecule has 0 amide bonds. The lowest BCUT2D eigenvalue weighted by Gasteiger charge is -2.26. The number of nitrogens with one attached hydrogen (secondary N) is 1. The average Bonchev–Trinajstić information content (AvgIpc) is 3.21. The molecule has 0 radical (unpaired) electrons. The van der Waals surface area contributed by atoms with Crippen LogP contribution in [0.25, 0.3) is 0 Å². The number of fused-ring (bicyclic) bond motifs is 1. The van der Waals surface area contributed by atoms with E-state index in [0.29, 0.717) is 43.6 Å². The zero-order valence-corrected chi connectivity index (χ0v) is 19.4. The standard InChI is InChI=1S/C26H30N6O2/c1-31-19-21(22-9-5-6-10-23(22)31)11-13-27-24-28-25(32-14-17-33-18-15-32)30-26(29-24)34-16-12-20-7-3-2-4-8-20/h2-11,13,21H,12,14-19H2,1H3,(H,27,28,29,30)/b13-11+. The Kier molecular flexibility index (Phi) is 6.86. The molecular weight excluding hydrogens is 428 g/mol. The van der Waals surface area contributed by atoms with Gasteiger partial charge in [-0.25, -0.2) is 0 Å². The maximum absolute atomic E-state index is 5.93. The van der Waals surface area contributed by atoms with Crippen molar-refractivity contribution in [1.82, 2.24) is 15.0 Å². The molecule has 2 aliphatic heterocycles. The molecular formula is C26H30N6O2. The van der Waals surface area contributed by atoms with E-state index in [0.717, 1.165) is 26.1 Å². The van der Waals surface area contributed by atoms with Crippen LogP contribution >= 0.6 is 0 Å². The van der Waals surface area contributed by atoms with Crippen LogP contribution < -0.4 is 19.9 Å². The zero-order valence-electron chi connectivity index (χ0n) is 19.4. The minimum Gasteiger partial charge on any atom is -0.463 e. The monoisotopic (exact) mass is 458 g/mol. The van der Waals surface area contributed by atoms with Crippen molar-refractivity contribution in [2.45, 2.75) is 12.3 Å². The topological polar surface area (TPSA) is 75.6 Å². The number of nitrogens with zero attached hydrogens (tertiary/aromatic N) is 5. The third-order valence-corrected chi connectivity index (χ3v) is 6.12. The highest BCUT2D eigenvalue weighted by molar-refractivity contribution is 5.61. The number of ether oxygens (including phenoxy) is 2.